The lowest BCUT2D eigenvalue weighted by Crippen LogP contribution is -2.30. The number of carbonyl (C=O) groups excluding carboxylic acids is 2. The van der Waals surface area contributed by atoms with Crippen molar-refractivity contribution in [2.45, 2.75) is 13.2 Å². The number of carboxylic acids is 1. The van der Waals surface area contributed by atoms with E-state index in [0.29, 0.717) is 25.3 Å². The summed E-state index contributed by atoms with van der Waals surface area (Å²) in [5, 5.41) is 12.2. The normalized spacial score (nSPS) is 14.4. The molecule has 0 radical (unpaired) electrons. The molecule has 0 spiro atoms. The summed E-state index contributed by atoms with van der Waals surface area (Å²) < 4.78 is 7.16. The first-order valence-electron chi connectivity index (χ1n) is 10.2. The number of amides is 3. The van der Waals surface area contributed by atoms with E-state index in [9.17, 15) is 14.4 Å². The number of carbonyl (C=O) groups is 3. The van der Waals surface area contributed by atoms with Crippen LogP contribution in [0.15, 0.2) is 75.3 Å². The van der Waals surface area contributed by atoms with Crippen LogP contribution < -0.4 is 10.1 Å². The molecule has 3 aromatic rings. The van der Waals surface area contributed by atoms with Crippen LogP contribution >= 0.6 is 43.5 Å². The molecule has 0 atom stereocenters. The summed E-state index contributed by atoms with van der Waals surface area (Å²) in [5.41, 5.74) is 2.62. The summed E-state index contributed by atoms with van der Waals surface area (Å²) in [6, 6.07) is 16.4. The number of nitrogens with one attached hydrogen (secondary N) is 1. The number of nitrogens with zero attached hydrogens (tertiary/aromatic N) is 1. The lowest BCUT2D eigenvalue weighted by atomic mass is 10.1. The smallest absolute Gasteiger partial charge is 0.335 e. The van der Waals surface area contributed by atoms with E-state index >= 15 is 0 Å². The zero-order valence-electron chi connectivity index (χ0n) is 17.9. The van der Waals surface area contributed by atoms with Gasteiger partial charge in [0.25, 0.3) is 5.91 Å². The Balaban J connectivity index is 1.47. The van der Waals surface area contributed by atoms with Gasteiger partial charge in [-0.25, -0.2) is 9.59 Å². The summed E-state index contributed by atoms with van der Waals surface area (Å²) in [7, 11) is 0. The van der Waals surface area contributed by atoms with E-state index in [4.69, 9.17) is 21.4 Å². The number of ether oxygens (including phenoxy) is 1. The molecular formula is C25H17Br2ClN2O5. The van der Waals surface area contributed by atoms with Gasteiger partial charge in [0.05, 0.1) is 21.1 Å². The zero-order valence-corrected chi connectivity index (χ0v) is 21.9. The van der Waals surface area contributed by atoms with Crippen molar-refractivity contribution in [3.05, 3.63) is 103 Å². The van der Waals surface area contributed by atoms with Crippen molar-refractivity contribution >= 4 is 67.4 Å². The largest absolute Gasteiger partial charge is 0.487 e. The molecule has 2 N–H and O–H groups in total. The van der Waals surface area contributed by atoms with Crippen LogP contribution in [0.25, 0.3) is 6.08 Å². The van der Waals surface area contributed by atoms with Crippen molar-refractivity contribution in [3.8, 4) is 5.75 Å². The topological polar surface area (TPSA) is 95.9 Å². The Labute approximate surface area is 222 Å². The summed E-state index contributed by atoms with van der Waals surface area (Å²) in [6.07, 6.45) is 1.59. The molecule has 1 aliphatic rings. The van der Waals surface area contributed by atoms with Gasteiger partial charge in [-0.2, -0.15) is 0 Å². The van der Waals surface area contributed by atoms with E-state index in [-0.39, 0.29) is 24.4 Å². The molecule has 10 heteroatoms. The first-order valence-corrected chi connectivity index (χ1v) is 12.2. The minimum Gasteiger partial charge on any atom is -0.487 e. The van der Waals surface area contributed by atoms with Gasteiger partial charge in [-0.05, 0) is 91.0 Å². The Kier molecular flexibility index (Phi) is 7.59. The number of benzene rings is 3. The monoisotopic (exact) mass is 618 g/mol. The Hall–Kier alpha value is -3.14. The van der Waals surface area contributed by atoms with Gasteiger partial charge in [0.15, 0.2) is 0 Å². The Morgan fingerprint density at radius 3 is 2.20 bits per heavy atom. The molecule has 1 aliphatic heterocycles. The second-order valence-electron chi connectivity index (χ2n) is 7.61. The lowest BCUT2D eigenvalue weighted by Gasteiger charge is -2.12. The standard InChI is InChI=1S/C25H17Br2ClN2O5/c26-19-9-16(10-20(27)22(19)35-13-15-1-5-17(6-2-15)24(32)33)11-21-23(31)30(25(34)29-21)12-14-3-7-18(28)8-4-14/h1-11H,12-13H2,(H,29,34)(H,32,33)/b21-11-. The van der Waals surface area contributed by atoms with Crippen LogP contribution in [0, 0.1) is 0 Å². The predicted molar refractivity (Wildman–Crippen MR) is 138 cm³/mol. The molecule has 0 aromatic heterocycles. The predicted octanol–water partition coefficient (Wildman–Crippen LogP) is 6.24. The van der Waals surface area contributed by atoms with Gasteiger partial charge < -0.3 is 15.2 Å². The molecule has 1 fully saturated rings. The second kappa shape index (κ2) is 10.6. The van der Waals surface area contributed by atoms with E-state index < -0.39 is 17.9 Å². The summed E-state index contributed by atoms with van der Waals surface area (Å²) in [5.74, 6) is -0.874. The average molecular weight is 621 g/mol. The summed E-state index contributed by atoms with van der Waals surface area (Å²) in [6.45, 7) is 0.360. The molecule has 7 nitrogen and oxygen atoms in total. The SMILES string of the molecule is O=C(O)c1ccc(COc2c(Br)cc(/C=C3\NC(=O)N(Cc4ccc(Cl)cc4)C3=O)cc2Br)cc1. The molecule has 3 aromatic carbocycles. The number of aromatic carboxylic acids is 1. The molecule has 4 rings (SSSR count). The van der Waals surface area contributed by atoms with E-state index in [2.05, 4.69) is 37.2 Å². The van der Waals surface area contributed by atoms with Gasteiger partial charge in [0, 0.05) is 5.02 Å². The number of hydrogen-bond acceptors (Lipinski definition) is 4. The van der Waals surface area contributed by atoms with Gasteiger partial charge in [0.2, 0.25) is 0 Å². The van der Waals surface area contributed by atoms with Gasteiger partial charge in [-0.1, -0.05) is 35.9 Å². The van der Waals surface area contributed by atoms with Crippen LogP contribution in [-0.4, -0.2) is 27.9 Å². The maximum atomic E-state index is 12.8. The molecule has 0 saturated carbocycles. The first-order chi connectivity index (χ1) is 16.7. The van der Waals surface area contributed by atoms with Gasteiger partial charge in [0.1, 0.15) is 18.1 Å². The van der Waals surface area contributed by atoms with Crippen LogP contribution in [0.1, 0.15) is 27.0 Å². The van der Waals surface area contributed by atoms with Crippen LogP contribution in [0.5, 0.6) is 5.75 Å². The van der Waals surface area contributed by atoms with Crippen molar-refractivity contribution < 1.29 is 24.2 Å². The summed E-state index contributed by atoms with van der Waals surface area (Å²) >= 11 is 12.9. The third-order valence-corrected chi connectivity index (χ3v) is 6.56. The van der Waals surface area contributed by atoms with Crippen molar-refractivity contribution in [3.63, 3.8) is 0 Å². The number of urea groups is 1. The maximum Gasteiger partial charge on any atom is 0.335 e. The zero-order chi connectivity index (χ0) is 25.1. The van der Waals surface area contributed by atoms with Gasteiger partial charge in [-0.15, -0.1) is 0 Å². The number of rotatable bonds is 7. The highest BCUT2D eigenvalue weighted by Gasteiger charge is 2.33. The highest BCUT2D eigenvalue weighted by Crippen LogP contribution is 2.36. The molecule has 1 heterocycles. The first kappa shape index (κ1) is 25.0. The van der Waals surface area contributed by atoms with Gasteiger partial charge in [-0.3, -0.25) is 9.69 Å². The molecule has 35 heavy (non-hydrogen) atoms. The molecule has 3 amide bonds. The fraction of sp³-hybridized carbons (Fsp3) is 0.0800. The van der Waals surface area contributed by atoms with Crippen LogP contribution in [0.4, 0.5) is 4.79 Å². The van der Waals surface area contributed by atoms with Crippen LogP contribution in [0.2, 0.25) is 5.02 Å². The molecular weight excluding hydrogens is 604 g/mol. The third-order valence-electron chi connectivity index (χ3n) is 5.13. The number of hydrogen-bond donors (Lipinski definition) is 2. The van der Waals surface area contributed by atoms with Crippen LogP contribution in [-0.2, 0) is 17.9 Å². The fourth-order valence-electron chi connectivity index (χ4n) is 3.35. The van der Waals surface area contributed by atoms with Crippen molar-refractivity contribution in [1.29, 1.82) is 0 Å². The quantitative estimate of drug-likeness (QED) is 0.241. The highest BCUT2D eigenvalue weighted by atomic mass is 79.9. The van der Waals surface area contributed by atoms with E-state index in [1.54, 1.807) is 54.6 Å². The molecule has 178 valence electrons. The number of halogens is 3. The third kappa shape index (κ3) is 5.93. The fourth-order valence-corrected chi connectivity index (χ4v) is 4.93. The average Bonchev–Trinajstić information content (AvgIpc) is 3.07. The molecule has 0 bridgehead atoms. The second-order valence-corrected chi connectivity index (χ2v) is 9.76. The Morgan fingerprint density at radius 1 is 1.00 bits per heavy atom. The Bertz CT molecular complexity index is 1320. The van der Waals surface area contributed by atoms with Crippen molar-refractivity contribution in [1.82, 2.24) is 10.2 Å². The van der Waals surface area contributed by atoms with Gasteiger partial charge >= 0.3 is 12.0 Å². The lowest BCUT2D eigenvalue weighted by molar-refractivity contribution is -0.123. The highest BCUT2D eigenvalue weighted by molar-refractivity contribution is 9.11. The van der Waals surface area contributed by atoms with E-state index in [1.807, 2.05) is 0 Å². The van der Waals surface area contributed by atoms with Crippen molar-refractivity contribution in [2.24, 2.45) is 0 Å². The van der Waals surface area contributed by atoms with E-state index in [1.165, 1.54) is 12.1 Å². The molecule has 0 aliphatic carbocycles. The minimum absolute atomic E-state index is 0.132. The van der Waals surface area contributed by atoms with Crippen molar-refractivity contribution in [2.75, 3.05) is 0 Å². The van der Waals surface area contributed by atoms with E-state index in [0.717, 1.165) is 16.0 Å². The minimum atomic E-state index is -0.988. The molecule has 0 unspecified atom stereocenters. The number of imide groups is 1. The maximum absolute atomic E-state index is 12.8. The summed E-state index contributed by atoms with van der Waals surface area (Å²) in [4.78, 5) is 37.3. The van der Waals surface area contributed by atoms with Crippen LogP contribution in [0.3, 0.4) is 0 Å². The Morgan fingerprint density at radius 2 is 1.60 bits per heavy atom. The molecule has 1 saturated heterocycles. The number of carboxylic acid groups (broad SMARTS) is 1.